The molecule has 0 aromatic heterocycles. The lowest BCUT2D eigenvalue weighted by Crippen LogP contribution is -2.38. The van der Waals surface area contributed by atoms with Gasteiger partial charge in [-0.1, -0.05) is 15.9 Å². The van der Waals surface area contributed by atoms with Crippen molar-refractivity contribution in [2.24, 2.45) is 0 Å². The number of phenolic OH excluding ortho intramolecular Hbond substituents is 1. The lowest BCUT2D eigenvalue weighted by molar-refractivity contribution is 0.0895. The van der Waals surface area contributed by atoms with Crippen LogP contribution in [0.2, 0.25) is 0 Å². The minimum Gasteiger partial charge on any atom is -0.508 e. The van der Waals surface area contributed by atoms with Gasteiger partial charge in [-0.05, 0) is 37.1 Å². The Bertz CT molecular complexity index is 403. The summed E-state index contributed by atoms with van der Waals surface area (Å²) in [5.41, 5.74) is 1.32. The molecule has 1 aromatic carbocycles. The number of hydrogen-bond donors (Lipinski definition) is 2. The fourth-order valence-electron chi connectivity index (χ4n) is 1.70. The molecule has 4 nitrogen and oxygen atoms in total. The van der Waals surface area contributed by atoms with Crippen LogP contribution in [0.4, 0.5) is 0 Å². The number of amides is 1. The van der Waals surface area contributed by atoms with Crippen LogP contribution in [-0.2, 0) is 4.74 Å². The first-order valence-electron chi connectivity index (χ1n) is 5.74. The number of benzene rings is 1. The molecule has 1 rings (SSSR count). The number of halogens is 1. The van der Waals surface area contributed by atoms with Crippen molar-refractivity contribution in [2.45, 2.75) is 19.4 Å². The van der Waals surface area contributed by atoms with Gasteiger partial charge in [-0.25, -0.2) is 0 Å². The van der Waals surface area contributed by atoms with Crippen molar-refractivity contribution < 1.29 is 14.6 Å². The van der Waals surface area contributed by atoms with Crippen LogP contribution >= 0.6 is 15.9 Å². The average molecular weight is 316 g/mol. The molecule has 0 spiro atoms. The molecule has 100 valence electrons. The van der Waals surface area contributed by atoms with Gasteiger partial charge in [-0.3, -0.25) is 4.79 Å². The largest absolute Gasteiger partial charge is 0.508 e. The number of carbonyl (C=O) groups excluding carboxylic acids is 1. The predicted octanol–water partition coefficient (Wildman–Crippen LogP) is 2.23. The minimum atomic E-state index is -0.143. The number of alkyl halides is 1. The number of phenols is 1. The maximum absolute atomic E-state index is 12.1. The van der Waals surface area contributed by atoms with E-state index in [2.05, 4.69) is 21.2 Å². The first-order valence-corrected chi connectivity index (χ1v) is 6.86. The molecule has 1 amide bonds. The molecule has 0 saturated carbocycles. The van der Waals surface area contributed by atoms with Gasteiger partial charge in [0.05, 0.1) is 12.6 Å². The van der Waals surface area contributed by atoms with Crippen LogP contribution in [0.5, 0.6) is 5.75 Å². The minimum absolute atomic E-state index is 0.0184. The van der Waals surface area contributed by atoms with E-state index in [1.54, 1.807) is 26.2 Å². The highest BCUT2D eigenvalue weighted by atomic mass is 79.9. The van der Waals surface area contributed by atoms with Crippen molar-refractivity contribution >= 4 is 21.8 Å². The van der Waals surface area contributed by atoms with Crippen LogP contribution < -0.4 is 5.32 Å². The maximum Gasteiger partial charge on any atom is 0.251 e. The molecule has 0 saturated heterocycles. The monoisotopic (exact) mass is 315 g/mol. The Labute approximate surface area is 115 Å². The Kier molecular flexibility index (Phi) is 6.15. The molecule has 5 heteroatoms. The van der Waals surface area contributed by atoms with E-state index < -0.39 is 0 Å². The number of carbonyl (C=O) groups is 1. The Morgan fingerprint density at radius 3 is 2.83 bits per heavy atom. The van der Waals surface area contributed by atoms with Gasteiger partial charge in [-0.15, -0.1) is 0 Å². The van der Waals surface area contributed by atoms with Gasteiger partial charge in [0, 0.05) is 18.0 Å². The zero-order valence-corrected chi connectivity index (χ0v) is 12.2. The van der Waals surface area contributed by atoms with Gasteiger partial charge in [0.2, 0.25) is 0 Å². The Hall–Kier alpha value is -1.07. The summed E-state index contributed by atoms with van der Waals surface area (Å²) < 4.78 is 5.07. The van der Waals surface area contributed by atoms with Crippen LogP contribution in [-0.4, -0.2) is 36.1 Å². The third-order valence-electron chi connectivity index (χ3n) is 2.62. The molecule has 0 fully saturated rings. The first-order chi connectivity index (χ1) is 8.58. The van der Waals surface area contributed by atoms with Crippen LogP contribution in [0.3, 0.4) is 0 Å². The van der Waals surface area contributed by atoms with Crippen LogP contribution in [0, 0.1) is 6.92 Å². The molecule has 0 radical (unpaired) electrons. The second-order valence-corrected chi connectivity index (χ2v) is 4.90. The highest BCUT2D eigenvalue weighted by Gasteiger charge is 2.14. The zero-order chi connectivity index (χ0) is 13.5. The molecule has 0 heterocycles. The van der Waals surface area contributed by atoms with E-state index in [1.165, 1.54) is 6.07 Å². The quantitative estimate of drug-likeness (QED) is 0.791. The highest BCUT2D eigenvalue weighted by molar-refractivity contribution is 9.09. The van der Waals surface area contributed by atoms with Crippen LogP contribution in [0.1, 0.15) is 22.3 Å². The smallest absolute Gasteiger partial charge is 0.251 e. The lowest BCUT2D eigenvalue weighted by atomic mass is 10.1. The van der Waals surface area contributed by atoms with E-state index in [1.807, 2.05) is 0 Å². The Balaban J connectivity index is 2.73. The lowest BCUT2D eigenvalue weighted by Gasteiger charge is -2.17. The van der Waals surface area contributed by atoms with E-state index in [4.69, 9.17) is 4.74 Å². The number of methoxy groups -OCH3 is 1. The average Bonchev–Trinajstić information content (AvgIpc) is 2.29. The molecule has 0 aliphatic heterocycles. The third kappa shape index (κ3) is 4.31. The van der Waals surface area contributed by atoms with Gasteiger partial charge < -0.3 is 15.2 Å². The Morgan fingerprint density at radius 1 is 1.56 bits per heavy atom. The van der Waals surface area contributed by atoms with Crippen molar-refractivity contribution in [1.82, 2.24) is 5.32 Å². The van der Waals surface area contributed by atoms with E-state index in [9.17, 15) is 9.90 Å². The molecule has 1 aromatic rings. The van der Waals surface area contributed by atoms with E-state index in [0.29, 0.717) is 12.2 Å². The molecular weight excluding hydrogens is 298 g/mol. The molecular formula is C13H18BrNO3. The van der Waals surface area contributed by atoms with Crippen molar-refractivity contribution in [3.05, 3.63) is 29.3 Å². The van der Waals surface area contributed by atoms with Gasteiger partial charge in [0.25, 0.3) is 5.91 Å². The number of ether oxygens (including phenoxy) is 1. The van der Waals surface area contributed by atoms with Crippen molar-refractivity contribution in [3.8, 4) is 5.75 Å². The molecule has 0 aliphatic rings. The summed E-state index contributed by atoms with van der Waals surface area (Å²) in [5, 5.41) is 13.0. The van der Waals surface area contributed by atoms with Gasteiger partial charge in [-0.2, -0.15) is 0 Å². The second-order valence-electron chi connectivity index (χ2n) is 4.10. The SMILES string of the molecule is COCC(CCBr)NC(=O)c1ccc(O)cc1C. The van der Waals surface area contributed by atoms with Crippen molar-refractivity contribution in [2.75, 3.05) is 19.0 Å². The van der Waals surface area contributed by atoms with Gasteiger partial charge in [0.1, 0.15) is 5.75 Å². The summed E-state index contributed by atoms with van der Waals surface area (Å²) in [4.78, 5) is 12.1. The first kappa shape index (κ1) is 15.0. The van der Waals surface area contributed by atoms with E-state index in [0.717, 1.165) is 17.3 Å². The zero-order valence-electron chi connectivity index (χ0n) is 10.6. The molecule has 18 heavy (non-hydrogen) atoms. The van der Waals surface area contributed by atoms with Crippen molar-refractivity contribution in [1.29, 1.82) is 0 Å². The van der Waals surface area contributed by atoms with Gasteiger partial charge in [0.15, 0.2) is 0 Å². The fraction of sp³-hybridized carbons (Fsp3) is 0.462. The highest BCUT2D eigenvalue weighted by Crippen LogP contribution is 2.15. The normalized spacial score (nSPS) is 12.2. The molecule has 0 bridgehead atoms. The fourth-order valence-corrected chi connectivity index (χ4v) is 2.25. The van der Waals surface area contributed by atoms with Crippen molar-refractivity contribution in [3.63, 3.8) is 0 Å². The Morgan fingerprint density at radius 2 is 2.28 bits per heavy atom. The van der Waals surface area contributed by atoms with Crippen LogP contribution in [0.25, 0.3) is 0 Å². The summed E-state index contributed by atoms with van der Waals surface area (Å²) in [7, 11) is 1.61. The number of aryl methyl sites for hydroxylation is 1. The predicted molar refractivity (Wildman–Crippen MR) is 74.4 cm³/mol. The second kappa shape index (κ2) is 7.38. The third-order valence-corrected chi connectivity index (χ3v) is 3.07. The van der Waals surface area contributed by atoms with E-state index >= 15 is 0 Å². The topological polar surface area (TPSA) is 58.6 Å². The molecule has 2 N–H and O–H groups in total. The maximum atomic E-state index is 12.1. The number of hydrogen-bond acceptors (Lipinski definition) is 3. The molecule has 1 atom stereocenters. The standard InChI is InChI=1S/C13H18BrNO3/c1-9-7-11(16)3-4-12(9)13(17)15-10(5-6-14)8-18-2/h3-4,7,10,16H,5-6,8H2,1-2H3,(H,15,17). The summed E-state index contributed by atoms with van der Waals surface area (Å²) in [6.07, 6.45) is 0.802. The summed E-state index contributed by atoms with van der Waals surface area (Å²) >= 11 is 3.35. The van der Waals surface area contributed by atoms with E-state index in [-0.39, 0.29) is 17.7 Å². The van der Waals surface area contributed by atoms with Gasteiger partial charge >= 0.3 is 0 Å². The molecule has 0 aliphatic carbocycles. The summed E-state index contributed by atoms with van der Waals surface area (Å²) in [6, 6.07) is 4.69. The summed E-state index contributed by atoms with van der Waals surface area (Å²) in [6.45, 7) is 2.28. The molecule has 1 unspecified atom stereocenters. The number of aromatic hydroxyl groups is 1. The number of rotatable bonds is 6. The summed E-state index contributed by atoms with van der Waals surface area (Å²) in [5.74, 6) is 0.0217. The van der Waals surface area contributed by atoms with Crippen LogP contribution in [0.15, 0.2) is 18.2 Å². The number of nitrogens with one attached hydrogen (secondary N) is 1.